The van der Waals surface area contributed by atoms with E-state index in [4.69, 9.17) is 26.7 Å². The molecule has 2 saturated heterocycles. The Morgan fingerprint density at radius 3 is 1.34 bits per heavy atom. The molecule has 6 aromatic rings. The van der Waals surface area contributed by atoms with Crippen molar-refractivity contribution < 1.29 is 72.0 Å². The molecular formula is C63H63F12N9O6S2. The number of aliphatic imine (C=N–C) groups is 1. The summed E-state index contributed by atoms with van der Waals surface area (Å²) in [7, 11) is 0. The Kier molecular flexibility index (Phi) is 23.6. The number of benzene rings is 4. The van der Waals surface area contributed by atoms with Crippen LogP contribution in [0.5, 0.6) is 11.8 Å². The zero-order chi connectivity index (χ0) is 66.4. The molecule has 0 unspecified atom stereocenters. The first-order valence-electron chi connectivity index (χ1n) is 29.5. The molecule has 92 heavy (non-hydrogen) atoms. The molecule has 492 valence electrons. The summed E-state index contributed by atoms with van der Waals surface area (Å²) in [4.78, 5) is 39.9. The molecule has 4 heterocycles. The fourth-order valence-corrected chi connectivity index (χ4v) is 11.8. The summed E-state index contributed by atoms with van der Waals surface area (Å²) in [5.74, 6) is 3.11. The fraction of sp³-hybridized carbons (Fsp3) is 0.429. The van der Waals surface area contributed by atoms with Gasteiger partial charge in [0.15, 0.2) is 0 Å². The second kappa shape index (κ2) is 31.1. The molecule has 4 aromatic carbocycles. The summed E-state index contributed by atoms with van der Waals surface area (Å²) in [6.07, 6.45) is -10.9. The molecule has 2 aliphatic carbocycles. The van der Waals surface area contributed by atoms with E-state index in [9.17, 15) is 72.9 Å². The Hall–Kier alpha value is -8.01. The van der Waals surface area contributed by atoms with E-state index < -0.39 is 68.2 Å². The van der Waals surface area contributed by atoms with Crippen LogP contribution in [-0.2, 0) is 44.0 Å². The Bertz CT molecular complexity index is 3510. The Morgan fingerprint density at radius 2 is 0.946 bits per heavy atom. The Labute approximate surface area is 532 Å². The predicted molar refractivity (Wildman–Crippen MR) is 328 cm³/mol. The van der Waals surface area contributed by atoms with Gasteiger partial charge in [-0.15, -0.1) is 0 Å². The minimum atomic E-state index is -4.80. The van der Waals surface area contributed by atoms with Crippen LogP contribution in [0.25, 0.3) is 0 Å². The molecule has 0 atom stereocenters. The van der Waals surface area contributed by atoms with Crippen molar-refractivity contribution >= 4 is 63.3 Å². The number of alkyl halides is 12. The summed E-state index contributed by atoms with van der Waals surface area (Å²) in [6, 6.07) is 27.3. The van der Waals surface area contributed by atoms with Gasteiger partial charge in [-0.05, 0) is 166 Å². The fourth-order valence-electron chi connectivity index (χ4n) is 11.4. The van der Waals surface area contributed by atoms with E-state index in [-0.39, 0.29) is 24.0 Å². The molecule has 4 aliphatic rings. The molecule has 0 bridgehead atoms. The average molecular weight is 1330 g/mol. The lowest BCUT2D eigenvalue weighted by Crippen LogP contribution is -2.49. The van der Waals surface area contributed by atoms with E-state index in [2.05, 4.69) is 47.4 Å². The van der Waals surface area contributed by atoms with Crippen LogP contribution in [0.15, 0.2) is 126 Å². The van der Waals surface area contributed by atoms with Crippen LogP contribution in [0.4, 0.5) is 81.4 Å². The summed E-state index contributed by atoms with van der Waals surface area (Å²) in [5.41, 5.74) is -3.64. The van der Waals surface area contributed by atoms with E-state index in [1.165, 1.54) is 36.4 Å². The number of aromatic nitrogens is 2. The highest BCUT2D eigenvalue weighted by Gasteiger charge is 2.40. The van der Waals surface area contributed by atoms with Crippen LogP contribution in [0.3, 0.4) is 0 Å². The van der Waals surface area contributed by atoms with Gasteiger partial charge in [-0.1, -0.05) is 48.6 Å². The first-order valence-corrected chi connectivity index (χ1v) is 30.3. The van der Waals surface area contributed by atoms with Crippen LogP contribution in [-0.4, -0.2) is 99.4 Å². The third-order valence-electron chi connectivity index (χ3n) is 16.2. The van der Waals surface area contributed by atoms with Crippen molar-refractivity contribution in [3.63, 3.8) is 0 Å². The topological polar surface area (TPSA) is 165 Å². The van der Waals surface area contributed by atoms with Crippen molar-refractivity contribution in [2.75, 3.05) is 62.2 Å². The van der Waals surface area contributed by atoms with Gasteiger partial charge in [-0.3, -0.25) is 20.2 Å². The smallest absolute Gasteiger partial charge is 0.423 e. The first kappa shape index (κ1) is 69.9. The SMILES string of the molecule is FC(F)(F)c1ccc(N=C=S)cc1.O=[N+]([O-])c1ccc(CC2CCC(Oc3cccc(N4CCN(C(=S)Cc5ccc(C(F)(F)F)cc5)CC4)n3)CC2)cc1C(F)(F)F.O=[N+]([O-])c1ccc(CC2CCC(Oc3cccc(N4CCNCC4)n3)CC2)cc1C(F)(F)F. The van der Waals surface area contributed by atoms with Gasteiger partial charge < -0.3 is 29.5 Å². The van der Waals surface area contributed by atoms with E-state index in [0.717, 1.165) is 130 Å². The summed E-state index contributed by atoms with van der Waals surface area (Å²) in [6.45, 7) is 6.28. The quantitative estimate of drug-likeness (QED) is 0.0339. The van der Waals surface area contributed by atoms with Gasteiger partial charge in [0, 0.05) is 83.0 Å². The third kappa shape index (κ3) is 20.2. The number of rotatable bonds is 15. The number of nitrogens with one attached hydrogen (secondary N) is 1. The number of ether oxygens (including phenoxy) is 2. The lowest BCUT2D eigenvalue weighted by Gasteiger charge is -2.37. The minimum Gasteiger partial charge on any atom is -0.474 e. The molecule has 1 N–H and O–H groups in total. The summed E-state index contributed by atoms with van der Waals surface area (Å²) >= 11 is 9.89. The number of halogens is 12. The van der Waals surface area contributed by atoms with Gasteiger partial charge in [0.2, 0.25) is 11.8 Å². The molecule has 0 amide bonds. The number of anilines is 2. The number of piperazine rings is 2. The number of thiocarbonyl (C=S) groups is 2. The van der Waals surface area contributed by atoms with Crippen molar-refractivity contribution in [2.24, 2.45) is 16.8 Å². The molecule has 15 nitrogen and oxygen atoms in total. The summed E-state index contributed by atoms with van der Waals surface area (Å²) in [5, 5.41) is 27.4. The van der Waals surface area contributed by atoms with Crippen molar-refractivity contribution in [3.05, 3.63) is 181 Å². The molecule has 29 heteroatoms. The number of nitrogens with zero attached hydrogens (tertiary/aromatic N) is 8. The van der Waals surface area contributed by atoms with E-state index in [1.54, 1.807) is 6.07 Å². The van der Waals surface area contributed by atoms with Crippen LogP contribution < -0.4 is 24.6 Å². The monoisotopic (exact) mass is 1330 g/mol. The molecule has 0 spiro atoms. The maximum absolute atomic E-state index is 13.4. The van der Waals surface area contributed by atoms with E-state index in [1.807, 2.05) is 30.3 Å². The summed E-state index contributed by atoms with van der Waals surface area (Å²) < 4.78 is 167. The third-order valence-corrected chi connectivity index (χ3v) is 16.7. The van der Waals surface area contributed by atoms with Gasteiger partial charge >= 0.3 is 24.7 Å². The van der Waals surface area contributed by atoms with Gasteiger partial charge in [-0.25, -0.2) is 0 Å². The second-order valence-electron chi connectivity index (χ2n) is 22.5. The number of pyridine rings is 2. The maximum atomic E-state index is 13.4. The highest BCUT2D eigenvalue weighted by atomic mass is 32.1. The van der Waals surface area contributed by atoms with Crippen LogP contribution in [0.1, 0.15) is 90.3 Å². The van der Waals surface area contributed by atoms with E-state index >= 15 is 0 Å². The highest BCUT2D eigenvalue weighted by Crippen LogP contribution is 2.41. The molecule has 2 aliphatic heterocycles. The molecule has 2 aromatic heterocycles. The van der Waals surface area contributed by atoms with Crippen molar-refractivity contribution in [2.45, 2.75) is 108 Å². The van der Waals surface area contributed by atoms with Gasteiger partial charge in [0.1, 0.15) is 35.0 Å². The zero-order valence-electron chi connectivity index (χ0n) is 49.2. The number of hydrogen-bond acceptors (Lipinski definition) is 14. The van der Waals surface area contributed by atoms with Gasteiger partial charge in [0.25, 0.3) is 11.4 Å². The number of nitro groups is 2. The normalized spacial score (nSPS) is 18.8. The van der Waals surface area contributed by atoms with Crippen molar-refractivity contribution in [1.29, 1.82) is 0 Å². The first-order chi connectivity index (χ1) is 43.6. The standard InChI is InChI=1S/C32H32F6N4O3S.C23H27F3N4O3.C8H4F3NS/c33-31(34,35)24-9-4-22(5-10-24)20-30(46)41-16-14-40(15-17-41)28-2-1-3-29(39-28)45-25-11-6-21(7-12-25)18-23-8-13-27(42(43)44)26(19-23)32(36,37)38;24-23(25,26)19-15-17(6-9-20(19)30(31)32)14-16-4-7-18(8-5-16)33-22-3-1-2-21(28-22)29-12-10-27-11-13-29;9-8(10,11)6-1-3-7(4-2-6)12-5-13/h1-5,8-10,13,19,21,25H,6-7,11-12,14-18,20H2;1-3,6,9,15-16,18,27H,4-5,7-8,10-14H2;1-4H. The van der Waals surface area contributed by atoms with E-state index in [0.29, 0.717) is 91.8 Å². The minimum absolute atomic E-state index is 0.0228. The van der Waals surface area contributed by atoms with Crippen molar-refractivity contribution in [3.8, 4) is 11.8 Å². The van der Waals surface area contributed by atoms with Crippen LogP contribution in [0.2, 0.25) is 0 Å². The van der Waals surface area contributed by atoms with Gasteiger partial charge in [-0.2, -0.15) is 67.6 Å². The lowest BCUT2D eigenvalue weighted by atomic mass is 9.83. The van der Waals surface area contributed by atoms with Crippen molar-refractivity contribution in [1.82, 2.24) is 20.2 Å². The molecular weight excluding hydrogens is 1270 g/mol. The van der Waals surface area contributed by atoms with Crippen LogP contribution in [0, 0.1) is 32.1 Å². The highest BCUT2D eigenvalue weighted by molar-refractivity contribution is 7.80. The Morgan fingerprint density at radius 1 is 0.543 bits per heavy atom. The molecule has 0 radical (unpaired) electrons. The number of isothiocyanates is 1. The maximum Gasteiger partial charge on any atom is 0.423 e. The van der Waals surface area contributed by atoms with Crippen LogP contribution >= 0.6 is 24.4 Å². The largest absolute Gasteiger partial charge is 0.474 e. The molecule has 4 fully saturated rings. The molecule has 2 saturated carbocycles. The Balaban J connectivity index is 0.000000205. The predicted octanol–water partition coefficient (Wildman–Crippen LogP) is 15.9. The van der Waals surface area contributed by atoms with Gasteiger partial charge in [0.05, 0.1) is 36.8 Å². The second-order valence-corrected chi connectivity index (χ2v) is 23.2. The molecule has 10 rings (SSSR count). The zero-order valence-corrected chi connectivity index (χ0v) is 50.8. The number of nitro benzene ring substituents is 2. The number of hydrogen-bond donors (Lipinski definition) is 1. The average Bonchev–Trinajstić information content (AvgIpc) is 0.852. The lowest BCUT2D eigenvalue weighted by molar-refractivity contribution is -0.388.